The first-order valence-corrected chi connectivity index (χ1v) is 6.72. The number of carbonyl (C=O) groups is 2. The lowest BCUT2D eigenvalue weighted by Crippen LogP contribution is -2.47. The first kappa shape index (κ1) is 11.0. The lowest BCUT2D eigenvalue weighted by molar-refractivity contribution is -0.138. The Morgan fingerprint density at radius 1 is 1.00 bits per heavy atom. The van der Waals surface area contributed by atoms with E-state index in [0.717, 1.165) is 44.9 Å². The molecule has 2 spiro atoms. The highest BCUT2D eigenvalue weighted by Gasteiger charge is 2.61. The smallest absolute Gasteiger partial charge is 0.234 e. The molecule has 3 heteroatoms. The summed E-state index contributed by atoms with van der Waals surface area (Å²) in [6.45, 7) is 0. The summed E-state index contributed by atoms with van der Waals surface area (Å²) in [5, 5.41) is 3.04. The topological polar surface area (TPSA) is 46.2 Å². The van der Waals surface area contributed by atoms with Gasteiger partial charge in [-0.15, -0.1) is 0 Å². The van der Waals surface area contributed by atoms with E-state index < -0.39 is 11.0 Å². The van der Waals surface area contributed by atoms with Gasteiger partial charge in [0.15, 0.2) is 5.78 Å². The third-order valence-electron chi connectivity index (χ3n) is 4.73. The largest absolute Gasteiger partial charge is 0.342 e. The van der Waals surface area contributed by atoms with Gasteiger partial charge in [-0.05, 0) is 32.1 Å². The van der Waals surface area contributed by atoms with Crippen molar-refractivity contribution in [3.05, 3.63) is 12.2 Å². The van der Waals surface area contributed by atoms with Crippen molar-refractivity contribution in [2.75, 3.05) is 0 Å². The predicted octanol–water partition coefficient (Wildman–Crippen LogP) is 2.11. The minimum Gasteiger partial charge on any atom is -0.342 e. The minimum absolute atomic E-state index is 0.0116. The molecule has 0 aromatic rings. The van der Waals surface area contributed by atoms with Gasteiger partial charge in [-0.3, -0.25) is 9.59 Å². The van der Waals surface area contributed by atoms with Gasteiger partial charge >= 0.3 is 0 Å². The molecule has 0 bridgehead atoms. The highest BCUT2D eigenvalue weighted by atomic mass is 16.2. The number of carbonyl (C=O) groups excluding carboxylic acids is 2. The van der Waals surface area contributed by atoms with Crippen LogP contribution < -0.4 is 5.32 Å². The van der Waals surface area contributed by atoms with Gasteiger partial charge in [0, 0.05) is 0 Å². The number of hydrogen-bond donors (Lipinski definition) is 1. The molecule has 1 heterocycles. The maximum absolute atomic E-state index is 12.8. The van der Waals surface area contributed by atoms with E-state index in [1.54, 1.807) is 0 Å². The molecule has 1 unspecified atom stereocenters. The molecule has 3 rings (SSSR count). The van der Waals surface area contributed by atoms with Gasteiger partial charge < -0.3 is 5.32 Å². The fourth-order valence-corrected chi connectivity index (χ4v) is 3.72. The predicted molar refractivity (Wildman–Crippen MR) is 64.4 cm³/mol. The third-order valence-corrected chi connectivity index (χ3v) is 4.73. The zero-order valence-corrected chi connectivity index (χ0v) is 10.1. The van der Waals surface area contributed by atoms with Crippen molar-refractivity contribution >= 4 is 11.7 Å². The average molecular weight is 233 g/mol. The Bertz CT molecular complexity index is 393. The Labute approximate surface area is 102 Å². The molecule has 1 saturated carbocycles. The number of nitrogens with one attached hydrogen (secondary N) is 1. The second-order valence-corrected chi connectivity index (χ2v) is 5.72. The molecule has 0 radical (unpaired) electrons. The van der Waals surface area contributed by atoms with Crippen LogP contribution in [-0.4, -0.2) is 17.2 Å². The SMILES string of the molecule is O=C1NC2(CC=CCC2)C(=O)C12CCCCC2. The van der Waals surface area contributed by atoms with Crippen LogP contribution in [0.15, 0.2) is 12.2 Å². The first-order chi connectivity index (χ1) is 8.20. The lowest BCUT2D eigenvalue weighted by atomic mass is 9.67. The van der Waals surface area contributed by atoms with Gasteiger partial charge in [0.25, 0.3) is 0 Å². The van der Waals surface area contributed by atoms with Gasteiger partial charge in [-0.2, -0.15) is 0 Å². The Morgan fingerprint density at radius 2 is 1.76 bits per heavy atom. The molecule has 17 heavy (non-hydrogen) atoms. The number of amides is 1. The minimum atomic E-state index is -0.663. The molecule has 1 N–H and O–H groups in total. The van der Waals surface area contributed by atoms with Crippen molar-refractivity contribution in [3.8, 4) is 0 Å². The van der Waals surface area contributed by atoms with Crippen LogP contribution >= 0.6 is 0 Å². The molecule has 2 aliphatic carbocycles. The van der Waals surface area contributed by atoms with Crippen LogP contribution in [0.4, 0.5) is 0 Å². The van der Waals surface area contributed by atoms with Gasteiger partial charge in [-0.1, -0.05) is 31.4 Å². The van der Waals surface area contributed by atoms with Crippen LogP contribution in [0.25, 0.3) is 0 Å². The van der Waals surface area contributed by atoms with Gasteiger partial charge in [-0.25, -0.2) is 0 Å². The molecule has 1 aliphatic heterocycles. The van der Waals surface area contributed by atoms with E-state index in [-0.39, 0.29) is 11.7 Å². The number of ketones is 1. The van der Waals surface area contributed by atoms with Crippen molar-refractivity contribution in [2.45, 2.75) is 56.9 Å². The molecule has 92 valence electrons. The number of Topliss-reactive ketones (excluding diaryl/α,β-unsaturated/α-hetero) is 1. The Kier molecular flexibility index (Phi) is 2.39. The fraction of sp³-hybridized carbons (Fsp3) is 0.714. The van der Waals surface area contributed by atoms with Crippen molar-refractivity contribution in [1.29, 1.82) is 0 Å². The monoisotopic (exact) mass is 233 g/mol. The summed E-state index contributed by atoms with van der Waals surface area (Å²) in [7, 11) is 0. The molecule has 1 saturated heterocycles. The average Bonchev–Trinajstić information content (AvgIpc) is 2.55. The van der Waals surface area contributed by atoms with E-state index in [4.69, 9.17) is 0 Å². The summed E-state index contributed by atoms with van der Waals surface area (Å²) in [6, 6.07) is 0. The summed E-state index contributed by atoms with van der Waals surface area (Å²) in [5.41, 5.74) is -1.22. The number of rotatable bonds is 0. The molecular weight excluding hydrogens is 214 g/mol. The summed E-state index contributed by atoms with van der Waals surface area (Å²) in [6.07, 6.45) is 11.3. The molecule has 0 aromatic carbocycles. The van der Waals surface area contributed by atoms with Gasteiger partial charge in [0.2, 0.25) is 5.91 Å². The van der Waals surface area contributed by atoms with Crippen LogP contribution in [0.3, 0.4) is 0 Å². The van der Waals surface area contributed by atoms with E-state index >= 15 is 0 Å². The van der Waals surface area contributed by atoms with Crippen molar-refractivity contribution < 1.29 is 9.59 Å². The fourth-order valence-electron chi connectivity index (χ4n) is 3.72. The summed E-state index contributed by atoms with van der Waals surface area (Å²) in [5.74, 6) is 0.205. The normalized spacial score (nSPS) is 35.5. The highest BCUT2D eigenvalue weighted by Crippen LogP contribution is 2.47. The molecule has 0 aromatic heterocycles. The first-order valence-electron chi connectivity index (χ1n) is 6.72. The molecule has 1 atom stereocenters. The van der Waals surface area contributed by atoms with Crippen LogP contribution in [0.5, 0.6) is 0 Å². The van der Waals surface area contributed by atoms with E-state index in [0.29, 0.717) is 6.42 Å². The number of hydrogen-bond acceptors (Lipinski definition) is 2. The van der Waals surface area contributed by atoms with E-state index in [1.165, 1.54) is 0 Å². The summed E-state index contributed by atoms with van der Waals surface area (Å²) < 4.78 is 0. The van der Waals surface area contributed by atoms with E-state index in [1.807, 2.05) is 6.08 Å². The maximum atomic E-state index is 12.8. The highest BCUT2D eigenvalue weighted by molar-refractivity contribution is 6.17. The van der Waals surface area contributed by atoms with Crippen molar-refractivity contribution in [1.82, 2.24) is 5.32 Å². The van der Waals surface area contributed by atoms with Crippen molar-refractivity contribution in [3.63, 3.8) is 0 Å². The second-order valence-electron chi connectivity index (χ2n) is 5.72. The standard InChI is InChI=1S/C14H19NO2/c16-11-13(7-3-1-4-8-13)12(17)15-14(11)9-5-2-6-10-14/h2,5H,1,3-4,6-10H2,(H,15,17). The Balaban J connectivity index is 1.95. The molecule has 3 aliphatic rings. The van der Waals surface area contributed by atoms with Gasteiger partial charge in [0.05, 0.1) is 0 Å². The van der Waals surface area contributed by atoms with Crippen LogP contribution in [0, 0.1) is 5.41 Å². The Morgan fingerprint density at radius 3 is 2.41 bits per heavy atom. The second kappa shape index (κ2) is 3.69. The molecule has 1 amide bonds. The van der Waals surface area contributed by atoms with Crippen LogP contribution in [-0.2, 0) is 9.59 Å². The zero-order chi connectivity index (χ0) is 11.9. The zero-order valence-electron chi connectivity index (χ0n) is 10.1. The van der Waals surface area contributed by atoms with Crippen LogP contribution in [0.2, 0.25) is 0 Å². The molecule has 2 fully saturated rings. The maximum Gasteiger partial charge on any atom is 0.234 e. The lowest BCUT2D eigenvalue weighted by Gasteiger charge is -2.32. The van der Waals surface area contributed by atoms with Crippen molar-refractivity contribution in [2.24, 2.45) is 5.41 Å². The quantitative estimate of drug-likeness (QED) is 0.514. The summed E-state index contributed by atoms with van der Waals surface area (Å²) >= 11 is 0. The molecular formula is C14H19NO2. The number of allylic oxidation sites excluding steroid dienone is 1. The van der Waals surface area contributed by atoms with Gasteiger partial charge in [0.1, 0.15) is 11.0 Å². The van der Waals surface area contributed by atoms with E-state index in [2.05, 4.69) is 11.4 Å². The van der Waals surface area contributed by atoms with E-state index in [9.17, 15) is 9.59 Å². The van der Waals surface area contributed by atoms with Crippen LogP contribution in [0.1, 0.15) is 51.4 Å². The third kappa shape index (κ3) is 1.41. The molecule has 3 nitrogen and oxygen atoms in total. The Hall–Kier alpha value is -1.12. The summed E-state index contributed by atoms with van der Waals surface area (Å²) in [4.78, 5) is 25.0.